The lowest BCUT2D eigenvalue weighted by atomic mass is 9.89. The molecule has 1 aromatic heterocycles. The van der Waals surface area contributed by atoms with Crippen LogP contribution in [0.2, 0.25) is 0 Å². The van der Waals surface area contributed by atoms with E-state index in [9.17, 15) is 4.39 Å². The Balaban J connectivity index is 1.47. The topological polar surface area (TPSA) is 96.0 Å². The predicted molar refractivity (Wildman–Crippen MR) is 134 cm³/mol. The van der Waals surface area contributed by atoms with Crippen molar-refractivity contribution in [1.82, 2.24) is 20.3 Å². The zero-order valence-electron chi connectivity index (χ0n) is 20.4. The third-order valence-corrected chi connectivity index (χ3v) is 6.91. The van der Waals surface area contributed by atoms with Gasteiger partial charge in [-0.1, -0.05) is 32.3 Å². The van der Waals surface area contributed by atoms with Crippen molar-refractivity contribution in [2.75, 3.05) is 36.1 Å². The number of benzene rings is 1. The van der Waals surface area contributed by atoms with Crippen molar-refractivity contribution >= 4 is 17.8 Å². The molecular formula is C25H38FN7O. The Hall–Kier alpha value is -2.68. The van der Waals surface area contributed by atoms with Crippen LogP contribution in [0.3, 0.4) is 0 Å². The van der Waals surface area contributed by atoms with Gasteiger partial charge in [-0.25, -0.2) is 4.39 Å². The van der Waals surface area contributed by atoms with Crippen molar-refractivity contribution in [3.05, 3.63) is 29.6 Å². The third kappa shape index (κ3) is 6.68. The molecule has 2 atom stereocenters. The Morgan fingerprint density at radius 1 is 1.03 bits per heavy atom. The van der Waals surface area contributed by atoms with Crippen LogP contribution in [0.1, 0.15) is 63.9 Å². The number of hydrogen-bond donors (Lipinski definition) is 4. The molecule has 2 aromatic rings. The second-order valence-electron chi connectivity index (χ2n) is 9.38. The van der Waals surface area contributed by atoms with Crippen LogP contribution in [0.4, 0.5) is 22.2 Å². The maximum Gasteiger partial charge on any atom is 0.229 e. The fourth-order valence-electron chi connectivity index (χ4n) is 4.93. The molecule has 1 saturated carbocycles. The highest BCUT2D eigenvalue weighted by atomic mass is 19.1. The van der Waals surface area contributed by atoms with Gasteiger partial charge in [-0.2, -0.15) is 15.0 Å². The largest absolute Gasteiger partial charge is 0.494 e. The summed E-state index contributed by atoms with van der Waals surface area (Å²) in [6.45, 7) is 4.50. The van der Waals surface area contributed by atoms with Gasteiger partial charge >= 0.3 is 0 Å². The van der Waals surface area contributed by atoms with Gasteiger partial charge in [0, 0.05) is 25.2 Å². The number of anilines is 3. The number of halogens is 1. The summed E-state index contributed by atoms with van der Waals surface area (Å²) in [5.74, 6) is 2.10. The van der Waals surface area contributed by atoms with Crippen molar-refractivity contribution in [1.29, 1.82) is 0 Å². The SMILES string of the molecule is CCC(Nc1nc(NCc2ccc(OC)c(F)c2)nc(NCC2CCCCC2)n1)C1CCCN1. The summed E-state index contributed by atoms with van der Waals surface area (Å²) < 4.78 is 19.1. The number of ether oxygens (including phenoxy) is 1. The van der Waals surface area contributed by atoms with Gasteiger partial charge in [-0.3, -0.25) is 0 Å². The van der Waals surface area contributed by atoms with E-state index in [1.807, 2.05) is 6.07 Å². The van der Waals surface area contributed by atoms with E-state index in [2.05, 4.69) is 43.1 Å². The fraction of sp³-hybridized carbons (Fsp3) is 0.640. The molecule has 9 heteroatoms. The lowest BCUT2D eigenvalue weighted by molar-refractivity contribution is 0.373. The van der Waals surface area contributed by atoms with Gasteiger partial charge < -0.3 is 26.0 Å². The van der Waals surface area contributed by atoms with E-state index in [1.165, 1.54) is 51.7 Å². The van der Waals surface area contributed by atoms with Gasteiger partial charge in [0.2, 0.25) is 17.8 Å². The van der Waals surface area contributed by atoms with E-state index in [4.69, 9.17) is 4.74 Å². The number of nitrogens with zero attached hydrogens (tertiary/aromatic N) is 3. The highest BCUT2D eigenvalue weighted by Gasteiger charge is 2.24. The van der Waals surface area contributed by atoms with Crippen LogP contribution in [0, 0.1) is 11.7 Å². The summed E-state index contributed by atoms with van der Waals surface area (Å²) in [4.78, 5) is 13.9. The summed E-state index contributed by atoms with van der Waals surface area (Å²) in [6, 6.07) is 5.59. The maximum absolute atomic E-state index is 14.1. The van der Waals surface area contributed by atoms with Crippen LogP contribution >= 0.6 is 0 Å². The molecule has 8 nitrogen and oxygen atoms in total. The van der Waals surface area contributed by atoms with E-state index in [0.29, 0.717) is 36.3 Å². The van der Waals surface area contributed by atoms with Crippen molar-refractivity contribution in [2.24, 2.45) is 5.92 Å². The molecule has 1 aromatic carbocycles. The van der Waals surface area contributed by atoms with Gasteiger partial charge in [0.15, 0.2) is 11.6 Å². The Morgan fingerprint density at radius 2 is 1.79 bits per heavy atom. The van der Waals surface area contributed by atoms with E-state index in [1.54, 1.807) is 6.07 Å². The van der Waals surface area contributed by atoms with Crippen LogP contribution in [0.15, 0.2) is 18.2 Å². The van der Waals surface area contributed by atoms with Crippen molar-refractivity contribution in [3.63, 3.8) is 0 Å². The first kappa shape index (κ1) is 24.4. The molecule has 34 heavy (non-hydrogen) atoms. The molecule has 0 bridgehead atoms. The molecule has 4 N–H and O–H groups in total. The van der Waals surface area contributed by atoms with E-state index < -0.39 is 0 Å². The smallest absolute Gasteiger partial charge is 0.229 e. The number of nitrogens with one attached hydrogen (secondary N) is 4. The molecular weight excluding hydrogens is 433 g/mol. The molecule has 1 saturated heterocycles. The molecule has 1 aliphatic carbocycles. The first-order valence-electron chi connectivity index (χ1n) is 12.7. The average Bonchev–Trinajstić information content (AvgIpc) is 3.40. The molecule has 186 valence electrons. The number of methoxy groups -OCH3 is 1. The third-order valence-electron chi connectivity index (χ3n) is 6.91. The lowest BCUT2D eigenvalue weighted by Crippen LogP contribution is -2.40. The van der Waals surface area contributed by atoms with E-state index in [-0.39, 0.29) is 17.6 Å². The van der Waals surface area contributed by atoms with Crippen molar-refractivity contribution < 1.29 is 9.13 Å². The maximum atomic E-state index is 14.1. The Labute approximate surface area is 201 Å². The van der Waals surface area contributed by atoms with Gasteiger partial charge in [0.1, 0.15) is 0 Å². The summed E-state index contributed by atoms with van der Waals surface area (Å²) in [5.41, 5.74) is 0.784. The quantitative estimate of drug-likeness (QED) is 0.379. The lowest BCUT2D eigenvalue weighted by Gasteiger charge is -2.24. The van der Waals surface area contributed by atoms with Crippen LogP contribution in [0.5, 0.6) is 5.75 Å². The zero-order valence-corrected chi connectivity index (χ0v) is 20.4. The molecule has 4 rings (SSSR count). The number of rotatable bonds is 11. The van der Waals surface area contributed by atoms with E-state index >= 15 is 0 Å². The minimum absolute atomic E-state index is 0.232. The average molecular weight is 472 g/mol. The second-order valence-corrected chi connectivity index (χ2v) is 9.38. The van der Waals surface area contributed by atoms with Gasteiger partial charge in [-0.05, 0) is 62.3 Å². The van der Waals surface area contributed by atoms with E-state index in [0.717, 1.165) is 31.5 Å². The summed E-state index contributed by atoms with van der Waals surface area (Å²) in [6.07, 6.45) is 9.76. The van der Waals surface area contributed by atoms with Gasteiger partial charge in [0.25, 0.3) is 0 Å². The highest BCUT2D eigenvalue weighted by molar-refractivity contribution is 5.43. The first-order chi connectivity index (χ1) is 16.6. The molecule has 1 aliphatic heterocycles. The minimum atomic E-state index is -0.385. The molecule has 0 spiro atoms. The molecule has 2 fully saturated rings. The van der Waals surface area contributed by atoms with Crippen LogP contribution < -0.4 is 26.0 Å². The summed E-state index contributed by atoms with van der Waals surface area (Å²) in [5, 5.41) is 13.8. The highest BCUT2D eigenvalue weighted by Crippen LogP contribution is 2.24. The standard InChI is InChI=1S/C25H38FN7O/c1-3-20(21-10-7-13-27-21)30-25-32-23(28-15-17-8-5-4-6-9-17)31-24(33-25)29-16-18-11-12-22(34-2)19(26)14-18/h11-12,14,17,20-21,27H,3-10,13,15-16H2,1-2H3,(H3,28,29,30,31,32,33). The first-order valence-corrected chi connectivity index (χ1v) is 12.7. The van der Waals surface area contributed by atoms with Gasteiger partial charge in [-0.15, -0.1) is 0 Å². The monoisotopic (exact) mass is 471 g/mol. The Morgan fingerprint density at radius 3 is 2.47 bits per heavy atom. The van der Waals surface area contributed by atoms with Gasteiger partial charge in [0.05, 0.1) is 7.11 Å². The number of aromatic nitrogens is 3. The molecule has 2 heterocycles. The van der Waals surface area contributed by atoms with Crippen molar-refractivity contribution in [2.45, 2.75) is 76.9 Å². The van der Waals surface area contributed by atoms with Crippen LogP contribution in [0.25, 0.3) is 0 Å². The van der Waals surface area contributed by atoms with Crippen LogP contribution in [-0.4, -0.2) is 47.2 Å². The van der Waals surface area contributed by atoms with Crippen molar-refractivity contribution in [3.8, 4) is 5.75 Å². The molecule has 2 aliphatic rings. The Kier molecular flexibility index (Phi) is 8.73. The zero-order chi connectivity index (χ0) is 23.8. The minimum Gasteiger partial charge on any atom is -0.494 e. The molecule has 2 unspecified atom stereocenters. The molecule has 0 amide bonds. The predicted octanol–water partition coefficient (Wildman–Crippen LogP) is 4.57. The summed E-state index contributed by atoms with van der Waals surface area (Å²) >= 11 is 0. The Bertz CT molecular complexity index is 916. The van der Waals surface area contributed by atoms with Crippen LogP contribution in [-0.2, 0) is 6.54 Å². The number of hydrogen-bond acceptors (Lipinski definition) is 8. The fourth-order valence-corrected chi connectivity index (χ4v) is 4.93. The second kappa shape index (κ2) is 12.1. The molecule has 0 radical (unpaired) electrons. The summed E-state index contributed by atoms with van der Waals surface area (Å²) in [7, 11) is 1.46. The normalized spacial score (nSPS) is 19.6.